The van der Waals surface area contributed by atoms with Gasteiger partial charge in [0.2, 0.25) is 0 Å². The molecule has 0 atom stereocenters. The van der Waals surface area contributed by atoms with E-state index in [-0.39, 0.29) is 12.4 Å². The van der Waals surface area contributed by atoms with E-state index in [4.69, 9.17) is 10.8 Å². The molecule has 1 rings (SSSR count). The van der Waals surface area contributed by atoms with E-state index < -0.39 is 0 Å². The molecule has 11 heavy (non-hydrogen) atoms. The van der Waals surface area contributed by atoms with E-state index in [0.29, 0.717) is 15.7 Å². The largest absolute Gasteiger partial charge is 0.506 e. The molecule has 0 heterocycles. The molecular weight excluding hydrogens is 210 g/mol. The number of hydrogen-bond acceptors (Lipinski definition) is 3. The Bertz CT molecular complexity index is 275. The summed E-state index contributed by atoms with van der Waals surface area (Å²) in [5, 5.41) is 18.1. The van der Waals surface area contributed by atoms with E-state index in [1.165, 1.54) is 0 Å². The fourth-order valence-corrected chi connectivity index (χ4v) is 1.16. The van der Waals surface area contributed by atoms with Crippen molar-refractivity contribution in [2.24, 2.45) is 0 Å². The van der Waals surface area contributed by atoms with E-state index >= 15 is 0 Å². The van der Waals surface area contributed by atoms with Crippen LogP contribution in [0.2, 0.25) is 0 Å². The van der Waals surface area contributed by atoms with Crippen molar-refractivity contribution in [1.82, 2.24) is 0 Å². The van der Waals surface area contributed by atoms with Gasteiger partial charge in [0.05, 0.1) is 11.1 Å². The molecule has 0 aliphatic carbocycles. The molecule has 0 aliphatic rings. The molecule has 1 aromatic rings. The van der Waals surface area contributed by atoms with Crippen LogP contribution in [0.15, 0.2) is 16.6 Å². The van der Waals surface area contributed by atoms with E-state index in [2.05, 4.69) is 15.9 Å². The number of aliphatic hydroxyl groups excluding tert-OH is 1. The Balaban J connectivity index is 3.29. The van der Waals surface area contributed by atoms with Crippen molar-refractivity contribution in [3.63, 3.8) is 0 Å². The number of nitrogen functional groups attached to an aromatic ring is 1. The van der Waals surface area contributed by atoms with Crippen LogP contribution in [0, 0.1) is 0 Å². The first-order valence-corrected chi connectivity index (χ1v) is 3.82. The van der Waals surface area contributed by atoms with Crippen LogP contribution in [0.5, 0.6) is 5.75 Å². The molecule has 0 fully saturated rings. The maximum Gasteiger partial charge on any atom is 0.137 e. The predicted molar refractivity (Wildman–Crippen MR) is 46.1 cm³/mol. The number of benzene rings is 1. The Labute approximate surface area is 72.6 Å². The highest BCUT2D eigenvalue weighted by atomic mass is 79.9. The minimum absolute atomic E-state index is 0.00694. The first-order valence-electron chi connectivity index (χ1n) is 3.03. The molecule has 0 spiro atoms. The molecule has 0 saturated heterocycles. The van der Waals surface area contributed by atoms with Crippen molar-refractivity contribution in [1.29, 1.82) is 0 Å². The average Bonchev–Trinajstić information content (AvgIpc) is 1.99. The summed E-state index contributed by atoms with van der Waals surface area (Å²) in [5.41, 5.74) is 6.22. The number of nitrogens with two attached hydrogens (primary N) is 1. The summed E-state index contributed by atoms with van der Waals surface area (Å²) in [6.45, 7) is -0.253. The summed E-state index contributed by atoms with van der Waals surface area (Å²) in [6.07, 6.45) is 0. The Kier molecular flexibility index (Phi) is 2.36. The topological polar surface area (TPSA) is 66.5 Å². The summed E-state index contributed by atoms with van der Waals surface area (Å²) in [4.78, 5) is 0. The lowest BCUT2D eigenvalue weighted by molar-refractivity contribution is 0.276. The predicted octanol–water partition coefficient (Wildman–Crippen LogP) is 1.23. The zero-order valence-corrected chi connectivity index (χ0v) is 7.30. The van der Waals surface area contributed by atoms with E-state index in [0.717, 1.165) is 0 Å². The number of anilines is 1. The maximum atomic E-state index is 9.29. The second-order valence-corrected chi connectivity index (χ2v) is 2.98. The molecule has 0 saturated carbocycles. The minimum atomic E-state index is -0.253. The Morgan fingerprint density at radius 1 is 1.45 bits per heavy atom. The van der Waals surface area contributed by atoms with Gasteiger partial charge in [0.15, 0.2) is 0 Å². The van der Waals surface area contributed by atoms with Gasteiger partial charge in [-0.2, -0.15) is 0 Å². The molecular formula is C7H8BrNO2. The van der Waals surface area contributed by atoms with E-state index in [1.807, 2.05) is 0 Å². The Hall–Kier alpha value is -0.740. The van der Waals surface area contributed by atoms with Crippen LogP contribution in [0.4, 0.5) is 5.69 Å². The van der Waals surface area contributed by atoms with Crippen LogP contribution < -0.4 is 5.73 Å². The summed E-state index contributed by atoms with van der Waals surface area (Å²) in [5.74, 6) is 0.00694. The number of aromatic hydroxyl groups is 1. The second-order valence-electron chi connectivity index (χ2n) is 2.12. The van der Waals surface area contributed by atoms with Crippen molar-refractivity contribution in [3.8, 4) is 5.75 Å². The number of halogens is 1. The maximum absolute atomic E-state index is 9.29. The number of aliphatic hydroxyl groups is 1. The van der Waals surface area contributed by atoms with E-state index in [9.17, 15) is 5.11 Å². The zero-order chi connectivity index (χ0) is 8.43. The lowest BCUT2D eigenvalue weighted by Gasteiger charge is -2.05. The standard InChI is InChI=1S/C7H8BrNO2/c8-5-1-2-6(9)4(3-10)7(5)11/h1-2,10-11H,3,9H2. The fourth-order valence-electron chi connectivity index (χ4n) is 0.790. The van der Waals surface area contributed by atoms with E-state index in [1.54, 1.807) is 12.1 Å². The molecule has 60 valence electrons. The molecule has 0 unspecified atom stereocenters. The monoisotopic (exact) mass is 217 g/mol. The third-order valence-corrected chi connectivity index (χ3v) is 2.07. The van der Waals surface area contributed by atoms with Gasteiger partial charge in [-0.3, -0.25) is 0 Å². The molecule has 1 aromatic carbocycles. The molecule has 0 bridgehead atoms. The first kappa shape index (κ1) is 8.36. The number of hydrogen-bond donors (Lipinski definition) is 3. The highest BCUT2D eigenvalue weighted by Crippen LogP contribution is 2.31. The summed E-state index contributed by atoms with van der Waals surface area (Å²) >= 11 is 3.10. The summed E-state index contributed by atoms with van der Waals surface area (Å²) in [7, 11) is 0. The molecule has 4 N–H and O–H groups in total. The Morgan fingerprint density at radius 3 is 2.55 bits per heavy atom. The van der Waals surface area contributed by atoms with Crippen molar-refractivity contribution < 1.29 is 10.2 Å². The van der Waals surface area contributed by atoms with Gasteiger partial charge in [-0.05, 0) is 28.1 Å². The van der Waals surface area contributed by atoms with Crippen LogP contribution in [0.3, 0.4) is 0 Å². The number of phenols is 1. The van der Waals surface area contributed by atoms with Gasteiger partial charge in [-0.25, -0.2) is 0 Å². The third kappa shape index (κ3) is 1.46. The number of rotatable bonds is 1. The molecule has 0 amide bonds. The van der Waals surface area contributed by atoms with Gasteiger partial charge >= 0.3 is 0 Å². The smallest absolute Gasteiger partial charge is 0.137 e. The fraction of sp³-hybridized carbons (Fsp3) is 0.143. The van der Waals surface area contributed by atoms with Gasteiger partial charge in [0.25, 0.3) is 0 Å². The summed E-state index contributed by atoms with van der Waals surface area (Å²) in [6, 6.07) is 3.25. The Morgan fingerprint density at radius 2 is 2.09 bits per heavy atom. The van der Waals surface area contributed by atoms with Crippen LogP contribution in [0.25, 0.3) is 0 Å². The van der Waals surface area contributed by atoms with Crippen molar-refractivity contribution in [2.45, 2.75) is 6.61 Å². The molecule has 3 nitrogen and oxygen atoms in total. The van der Waals surface area contributed by atoms with Crippen LogP contribution in [-0.2, 0) is 6.61 Å². The molecule has 4 heteroatoms. The zero-order valence-electron chi connectivity index (χ0n) is 5.71. The molecule has 0 radical (unpaired) electrons. The van der Waals surface area contributed by atoms with Crippen molar-refractivity contribution in [3.05, 3.63) is 22.2 Å². The highest BCUT2D eigenvalue weighted by Gasteiger charge is 2.06. The lowest BCUT2D eigenvalue weighted by Crippen LogP contribution is -1.94. The molecule has 0 aliphatic heterocycles. The average molecular weight is 218 g/mol. The van der Waals surface area contributed by atoms with Gasteiger partial charge in [-0.15, -0.1) is 0 Å². The summed E-state index contributed by atoms with van der Waals surface area (Å²) < 4.78 is 0.538. The van der Waals surface area contributed by atoms with Crippen LogP contribution in [0.1, 0.15) is 5.56 Å². The first-order chi connectivity index (χ1) is 5.16. The minimum Gasteiger partial charge on any atom is -0.506 e. The van der Waals surface area contributed by atoms with Crippen molar-refractivity contribution >= 4 is 21.6 Å². The highest BCUT2D eigenvalue weighted by molar-refractivity contribution is 9.10. The van der Waals surface area contributed by atoms with Gasteiger partial charge in [-0.1, -0.05) is 0 Å². The van der Waals surface area contributed by atoms with Gasteiger partial charge in [0, 0.05) is 11.3 Å². The van der Waals surface area contributed by atoms with Gasteiger partial charge < -0.3 is 15.9 Å². The quantitative estimate of drug-likeness (QED) is 0.621. The van der Waals surface area contributed by atoms with Crippen molar-refractivity contribution in [2.75, 3.05) is 5.73 Å². The lowest BCUT2D eigenvalue weighted by atomic mass is 10.2. The van der Waals surface area contributed by atoms with Crippen LogP contribution >= 0.6 is 15.9 Å². The SMILES string of the molecule is Nc1ccc(Br)c(O)c1CO. The second kappa shape index (κ2) is 3.11. The van der Waals surface area contributed by atoms with Gasteiger partial charge in [0.1, 0.15) is 5.75 Å². The normalized spacial score (nSPS) is 10.0. The third-order valence-electron chi connectivity index (χ3n) is 1.43. The molecule has 0 aromatic heterocycles. The van der Waals surface area contributed by atoms with Crippen LogP contribution in [-0.4, -0.2) is 10.2 Å².